The first-order chi connectivity index (χ1) is 5.77. The second-order valence-electron chi connectivity index (χ2n) is 3.12. The Kier molecular flexibility index (Phi) is 2.23. The Morgan fingerprint density at radius 3 is 2.54 bits per heavy atom. The maximum absolute atomic E-state index is 11.0. The number of allylic oxidation sites excluding steroid dienone is 1. The number of hydrogen-bond acceptors (Lipinski definition) is 4. The maximum Gasteiger partial charge on any atom is 0.288 e. The summed E-state index contributed by atoms with van der Waals surface area (Å²) in [7, 11) is -4.34. The van der Waals surface area contributed by atoms with Crippen LogP contribution in [0, 0.1) is 5.92 Å². The topological polar surface area (TPSA) is 106 Å². The first-order valence-electron chi connectivity index (χ1n) is 3.70. The zero-order valence-corrected chi connectivity index (χ0v) is 7.95. The fourth-order valence-electron chi connectivity index (χ4n) is 1.16. The lowest BCUT2D eigenvalue weighted by atomic mass is 9.96. The van der Waals surface area contributed by atoms with Crippen molar-refractivity contribution in [2.24, 2.45) is 17.4 Å². The van der Waals surface area contributed by atoms with E-state index < -0.39 is 20.9 Å². The highest BCUT2D eigenvalue weighted by Crippen LogP contribution is 2.27. The van der Waals surface area contributed by atoms with Gasteiger partial charge in [0, 0.05) is 11.6 Å². The fraction of sp³-hybridized carbons (Fsp3) is 0.429. The van der Waals surface area contributed by atoms with Gasteiger partial charge in [-0.3, -0.25) is 4.55 Å². The van der Waals surface area contributed by atoms with E-state index in [9.17, 15) is 8.42 Å². The number of nitrogens with two attached hydrogens (primary N) is 2. The van der Waals surface area contributed by atoms with Gasteiger partial charge in [-0.15, -0.1) is 0 Å². The summed E-state index contributed by atoms with van der Waals surface area (Å²) in [5, 5.41) is 0. The van der Waals surface area contributed by atoms with Gasteiger partial charge in [-0.25, -0.2) is 0 Å². The first kappa shape index (κ1) is 10.2. The van der Waals surface area contributed by atoms with E-state index in [1.165, 1.54) is 0 Å². The van der Waals surface area contributed by atoms with Crippen molar-refractivity contribution in [3.63, 3.8) is 0 Å². The van der Waals surface area contributed by atoms with E-state index in [4.69, 9.17) is 16.0 Å². The van der Waals surface area contributed by atoms with Crippen LogP contribution in [-0.2, 0) is 10.1 Å². The van der Waals surface area contributed by atoms with Gasteiger partial charge < -0.3 is 11.5 Å². The maximum atomic E-state index is 11.0. The van der Waals surface area contributed by atoms with Crippen molar-refractivity contribution in [2.45, 2.75) is 11.8 Å². The Bertz CT molecular complexity index is 371. The van der Waals surface area contributed by atoms with Crippen molar-refractivity contribution in [1.29, 1.82) is 0 Å². The summed E-state index contributed by atoms with van der Waals surface area (Å²) in [5.41, 5.74) is 11.1. The molecule has 74 valence electrons. The molecule has 0 saturated carbocycles. The van der Waals surface area contributed by atoms with Crippen LogP contribution in [0.2, 0.25) is 0 Å². The van der Waals surface area contributed by atoms with E-state index in [1.807, 2.05) is 0 Å². The molecule has 0 heterocycles. The smallest absolute Gasteiger partial charge is 0.288 e. The SMILES string of the molecule is CC1C=CC(N)=CC1(N)S(=O)(=O)O. The van der Waals surface area contributed by atoms with Crippen molar-refractivity contribution < 1.29 is 13.0 Å². The largest absolute Gasteiger partial charge is 0.399 e. The molecule has 2 atom stereocenters. The molecule has 0 amide bonds. The zero-order valence-electron chi connectivity index (χ0n) is 7.14. The highest BCUT2D eigenvalue weighted by molar-refractivity contribution is 7.87. The van der Waals surface area contributed by atoms with E-state index in [2.05, 4.69) is 0 Å². The fourth-order valence-corrected chi connectivity index (χ4v) is 1.99. The van der Waals surface area contributed by atoms with E-state index >= 15 is 0 Å². The third kappa shape index (κ3) is 1.60. The lowest BCUT2D eigenvalue weighted by Crippen LogP contribution is -2.52. The molecule has 5 N–H and O–H groups in total. The molecule has 5 nitrogen and oxygen atoms in total. The molecule has 1 aliphatic carbocycles. The summed E-state index contributed by atoms with van der Waals surface area (Å²) in [6, 6.07) is 0. The molecule has 0 bridgehead atoms. The van der Waals surface area contributed by atoms with Gasteiger partial charge in [0.15, 0.2) is 4.87 Å². The minimum Gasteiger partial charge on any atom is -0.399 e. The predicted molar refractivity (Wildman–Crippen MR) is 49.0 cm³/mol. The quantitative estimate of drug-likeness (QED) is 0.503. The first-order valence-corrected chi connectivity index (χ1v) is 5.14. The molecule has 6 heteroatoms. The summed E-state index contributed by atoms with van der Waals surface area (Å²) in [6.07, 6.45) is 4.25. The third-order valence-corrected chi connectivity index (χ3v) is 3.51. The lowest BCUT2D eigenvalue weighted by Gasteiger charge is -2.29. The number of rotatable bonds is 1. The second kappa shape index (κ2) is 2.83. The van der Waals surface area contributed by atoms with Gasteiger partial charge in [-0.2, -0.15) is 8.42 Å². The average Bonchev–Trinajstić information content (AvgIpc) is 1.95. The summed E-state index contributed by atoms with van der Waals surface area (Å²) < 4.78 is 30.8. The lowest BCUT2D eigenvalue weighted by molar-refractivity contribution is 0.417. The Balaban J connectivity index is 3.25. The van der Waals surface area contributed by atoms with E-state index in [1.54, 1.807) is 19.1 Å². The molecule has 2 unspecified atom stereocenters. The Hall–Kier alpha value is -0.850. The van der Waals surface area contributed by atoms with Crippen LogP contribution in [-0.4, -0.2) is 17.8 Å². The molecule has 13 heavy (non-hydrogen) atoms. The molecule has 0 aromatic rings. The van der Waals surface area contributed by atoms with Gasteiger partial charge >= 0.3 is 0 Å². The second-order valence-corrected chi connectivity index (χ2v) is 4.78. The summed E-state index contributed by atoms with van der Waals surface area (Å²) in [6.45, 7) is 1.59. The van der Waals surface area contributed by atoms with E-state index in [0.29, 0.717) is 0 Å². The number of hydrogen-bond donors (Lipinski definition) is 3. The monoisotopic (exact) mass is 204 g/mol. The van der Waals surface area contributed by atoms with Crippen LogP contribution in [0.1, 0.15) is 6.92 Å². The molecule has 0 radical (unpaired) electrons. The van der Waals surface area contributed by atoms with Crippen LogP contribution >= 0.6 is 0 Å². The Morgan fingerprint density at radius 1 is 1.62 bits per heavy atom. The highest BCUT2D eigenvalue weighted by atomic mass is 32.2. The van der Waals surface area contributed by atoms with Crippen molar-refractivity contribution in [3.8, 4) is 0 Å². The molecule has 0 aromatic heterocycles. The molecular weight excluding hydrogens is 192 g/mol. The normalized spacial score (nSPS) is 34.4. The van der Waals surface area contributed by atoms with Crippen LogP contribution < -0.4 is 11.5 Å². The minimum absolute atomic E-state index is 0.234. The highest BCUT2D eigenvalue weighted by Gasteiger charge is 2.42. The third-order valence-electron chi connectivity index (χ3n) is 2.13. The van der Waals surface area contributed by atoms with Crippen molar-refractivity contribution in [1.82, 2.24) is 0 Å². The van der Waals surface area contributed by atoms with Gasteiger partial charge in [0.05, 0.1) is 0 Å². The van der Waals surface area contributed by atoms with Crippen molar-refractivity contribution >= 4 is 10.1 Å². The molecule has 0 aliphatic heterocycles. The zero-order chi connectivity index (χ0) is 10.3. The van der Waals surface area contributed by atoms with Crippen molar-refractivity contribution in [3.05, 3.63) is 23.9 Å². The minimum atomic E-state index is -4.34. The standard InChI is InChI=1S/C7H12N2O3S/c1-5-2-3-6(8)4-7(5,9)13(10,11)12/h2-5H,8-9H2,1H3,(H,10,11,12). The van der Waals surface area contributed by atoms with Crippen LogP contribution in [0.5, 0.6) is 0 Å². The summed E-state index contributed by atoms with van der Waals surface area (Å²) in [5.74, 6) is -0.505. The van der Waals surface area contributed by atoms with E-state index in [0.717, 1.165) is 6.08 Å². The Morgan fingerprint density at radius 2 is 2.15 bits per heavy atom. The van der Waals surface area contributed by atoms with Crippen LogP contribution in [0.25, 0.3) is 0 Å². The summed E-state index contributed by atoms with van der Waals surface area (Å²) in [4.78, 5) is -1.80. The molecule has 0 fully saturated rings. The van der Waals surface area contributed by atoms with E-state index in [-0.39, 0.29) is 5.70 Å². The van der Waals surface area contributed by atoms with Gasteiger partial charge in [0.2, 0.25) is 0 Å². The molecule has 1 aliphatic rings. The summed E-state index contributed by atoms with van der Waals surface area (Å²) >= 11 is 0. The van der Waals surface area contributed by atoms with Gasteiger partial charge in [-0.05, 0) is 12.2 Å². The molecular formula is C7H12N2O3S. The van der Waals surface area contributed by atoms with Gasteiger partial charge in [0.1, 0.15) is 0 Å². The molecule has 0 saturated heterocycles. The molecule has 0 aromatic carbocycles. The molecule has 1 rings (SSSR count). The van der Waals surface area contributed by atoms with Crippen LogP contribution in [0.15, 0.2) is 23.9 Å². The van der Waals surface area contributed by atoms with Crippen molar-refractivity contribution in [2.75, 3.05) is 0 Å². The van der Waals surface area contributed by atoms with Crippen LogP contribution in [0.4, 0.5) is 0 Å². The molecule has 0 spiro atoms. The van der Waals surface area contributed by atoms with Gasteiger partial charge in [-0.1, -0.05) is 13.0 Å². The Labute approximate surface area is 76.9 Å². The van der Waals surface area contributed by atoms with Gasteiger partial charge in [0.25, 0.3) is 10.1 Å². The average molecular weight is 204 g/mol. The predicted octanol–water partition coefficient (Wildman–Crippen LogP) is -0.422. The van der Waals surface area contributed by atoms with Crippen LogP contribution in [0.3, 0.4) is 0 Å².